The fourth-order valence-corrected chi connectivity index (χ4v) is 5.85. The van der Waals surface area contributed by atoms with Crippen LogP contribution in [0.4, 0.5) is 4.39 Å². The average Bonchev–Trinajstić information content (AvgIpc) is 3.53. The molecule has 1 aromatic heterocycles. The maximum Gasteiger partial charge on any atom is 0.192 e. The van der Waals surface area contributed by atoms with Crippen molar-refractivity contribution < 1.29 is 9.18 Å². The van der Waals surface area contributed by atoms with E-state index in [0.29, 0.717) is 22.1 Å². The average molecular weight is 486 g/mol. The molecule has 1 atom stereocenters. The van der Waals surface area contributed by atoms with Crippen molar-refractivity contribution in [3.63, 3.8) is 0 Å². The number of rotatable bonds is 7. The summed E-state index contributed by atoms with van der Waals surface area (Å²) in [7, 11) is 0. The van der Waals surface area contributed by atoms with Crippen molar-refractivity contribution in [3.05, 3.63) is 101 Å². The summed E-state index contributed by atoms with van der Waals surface area (Å²) < 4.78 is 16.8. The van der Waals surface area contributed by atoms with Crippen molar-refractivity contribution in [2.24, 2.45) is 0 Å². The molecule has 4 aromatic rings. The van der Waals surface area contributed by atoms with Gasteiger partial charge in [-0.15, -0.1) is 10.2 Å². The Hall–Kier alpha value is -3.25. The lowest BCUT2D eigenvalue weighted by Gasteiger charge is -2.20. The third-order valence-corrected chi connectivity index (χ3v) is 7.86. The molecule has 1 saturated carbocycles. The molecule has 1 fully saturated rings. The Morgan fingerprint density at radius 3 is 2.20 bits per heavy atom. The zero-order valence-electron chi connectivity index (χ0n) is 19.9. The molecule has 1 heterocycles. The van der Waals surface area contributed by atoms with Gasteiger partial charge in [-0.2, -0.15) is 0 Å². The lowest BCUT2D eigenvalue weighted by atomic mass is 10.0. The third kappa shape index (κ3) is 4.94. The summed E-state index contributed by atoms with van der Waals surface area (Å²) in [4.78, 5) is 13.8. The van der Waals surface area contributed by atoms with Crippen LogP contribution in [0.2, 0.25) is 0 Å². The van der Waals surface area contributed by atoms with Gasteiger partial charge in [0.25, 0.3) is 0 Å². The fourth-order valence-electron chi connectivity index (χ4n) is 4.66. The van der Waals surface area contributed by atoms with Gasteiger partial charge >= 0.3 is 0 Å². The van der Waals surface area contributed by atoms with Crippen LogP contribution in [0.15, 0.2) is 78.0 Å². The molecule has 0 radical (unpaired) electrons. The zero-order valence-corrected chi connectivity index (χ0v) is 20.8. The summed E-state index contributed by atoms with van der Waals surface area (Å²) in [5, 5.41) is 9.11. The normalized spacial score (nSPS) is 14.8. The summed E-state index contributed by atoms with van der Waals surface area (Å²) in [5.41, 5.74) is 4.26. The van der Waals surface area contributed by atoms with Gasteiger partial charge in [-0.25, -0.2) is 4.39 Å². The highest BCUT2D eigenvalue weighted by Gasteiger charge is 2.30. The Morgan fingerprint density at radius 1 is 0.914 bits per heavy atom. The van der Waals surface area contributed by atoms with E-state index < -0.39 is 5.25 Å². The standard InChI is InChI=1S/C29H28FN3OS/c1-19-11-15-21(16-12-19)26(34)27(22-17-13-20(2)14-18-22)35-29-32-31-28(24-9-5-6-10-25(24)30)33(29)23-7-3-4-8-23/h5-6,9-18,23,27H,3-4,7-8H2,1-2H3/t27-/m1/s1. The topological polar surface area (TPSA) is 47.8 Å². The van der Waals surface area contributed by atoms with Crippen molar-refractivity contribution in [1.29, 1.82) is 0 Å². The number of benzene rings is 3. The van der Waals surface area contributed by atoms with Gasteiger partial charge in [-0.05, 0) is 44.4 Å². The van der Waals surface area contributed by atoms with Crippen LogP contribution < -0.4 is 0 Å². The first-order valence-corrected chi connectivity index (χ1v) is 12.9. The monoisotopic (exact) mass is 485 g/mol. The van der Waals surface area contributed by atoms with Crippen LogP contribution >= 0.6 is 11.8 Å². The van der Waals surface area contributed by atoms with E-state index in [9.17, 15) is 9.18 Å². The van der Waals surface area contributed by atoms with Crippen molar-refractivity contribution in [1.82, 2.24) is 14.8 Å². The van der Waals surface area contributed by atoms with Gasteiger partial charge in [-0.1, -0.05) is 96.4 Å². The van der Waals surface area contributed by atoms with Gasteiger partial charge in [0.15, 0.2) is 16.8 Å². The van der Waals surface area contributed by atoms with Crippen LogP contribution in [-0.4, -0.2) is 20.5 Å². The summed E-state index contributed by atoms with van der Waals surface area (Å²) >= 11 is 1.41. The summed E-state index contributed by atoms with van der Waals surface area (Å²) in [6, 6.07) is 22.6. The molecule has 0 amide bonds. The number of nitrogens with zero attached hydrogens (tertiary/aromatic N) is 3. The molecule has 0 saturated heterocycles. The van der Waals surface area contributed by atoms with E-state index in [1.54, 1.807) is 12.1 Å². The number of carbonyl (C=O) groups is 1. The summed E-state index contributed by atoms with van der Waals surface area (Å²) in [5.74, 6) is 0.233. The number of thioether (sulfide) groups is 1. The molecule has 1 aliphatic rings. The molecule has 1 aliphatic carbocycles. The molecular weight excluding hydrogens is 457 g/mol. The molecule has 5 rings (SSSR count). The Kier molecular flexibility index (Phi) is 6.82. The number of aryl methyl sites for hydroxylation is 2. The first-order valence-electron chi connectivity index (χ1n) is 12.0. The lowest BCUT2D eigenvalue weighted by Crippen LogP contribution is -2.13. The Bertz CT molecular complexity index is 1330. The van der Waals surface area contributed by atoms with Gasteiger partial charge in [0.2, 0.25) is 0 Å². The molecule has 0 aliphatic heterocycles. The quantitative estimate of drug-likeness (QED) is 0.200. The number of aromatic nitrogens is 3. The summed E-state index contributed by atoms with van der Waals surface area (Å²) in [6.07, 6.45) is 4.23. The molecule has 3 aromatic carbocycles. The van der Waals surface area contributed by atoms with Gasteiger partial charge in [-0.3, -0.25) is 9.36 Å². The van der Waals surface area contributed by atoms with E-state index >= 15 is 0 Å². The van der Waals surface area contributed by atoms with Crippen molar-refractivity contribution in [2.75, 3.05) is 0 Å². The highest BCUT2D eigenvalue weighted by Crippen LogP contribution is 2.42. The number of carbonyl (C=O) groups excluding carboxylic acids is 1. The summed E-state index contributed by atoms with van der Waals surface area (Å²) in [6.45, 7) is 4.04. The van der Waals surface area contributed by atoms with Crippen LogP contribution in [-0.2, 0) is 0 Å². The number of Topliss-reactive ketones (excluding diaryl/α,β-unsaturated/α-hetero) is 1. The molecule has 6 heteroatoms. The predicted octanol–water partition coefficient (Wildman–Crippen LogP) is 7.53. The molecule has 0 bridgehead atoms. The Morgan fingerprint density at radius 2 is 1.54 bits per heavy atom. The van der Waals surface area contributed by atoms with E-state index in [2.05, 4.69) is 14.8 Å². The van der Waals surface area contributed by atoms with Crippen LogP contribution in [0.3, 0.4) is 0 Å². The van der Waals surface area contributed by atoms with Crippen molar-refractivity contribution in [2.45, 2.75) is 56.0 Å². The van der Waals surface area contributed by atoms with Crippen LogP contribution in [0.1, 0.15) is 64.0 Å². The van der Waals surface area contributed by atoms with Crippen molar-refractivity contribution in [3.8, 4) is 11.4 Å². The smallest absolute Gasteiger partial charge is 0.192 e. The number of ketones is 1. The molecule has 35 heavy (non-hydrogen) atoms. The highest BCUT2D eigenvalue weighted by molar-refractivity contribution is 8.00. The molecule has 4 nitrogen and oxygen atoms in total. The third-order valence-electron chi connectivity index (χ3n) is 6.65. The van der Waals surface area contributed by atoms with Gasteiger partial charge < -0.3 is 0 Å². The van der Waals surface area contributed by atoms with E-state index in [1.807, 2.05) is 68.4 Å². The molecule has 0 N–H and O–H groups in total. The highest BCUT2D eigenvalue weighted by atomic mass is 32.2. The van der Waals surface area contributed by atoms with Gasteiger partial charge in [0.05, 0.1) is 5.56 Å². The maximum absolute atomic E-state index is 14.8. The van der Waals surface area contributed by atoms with E-state index in [1.165, 1.54) is 17.8 Å². The molecule has 0 spiro atoms. The number of hydrogen-bond acceptors (Lipinski definition) is 4. The Labute approximate surface area is 209 Å². The molecule has 0 unspecified atom stereocenters. The SMILES string of the molecule is Cc1ccc(C(=O)[C@H](Sc2nnc(-c3ccccc3F)n2C2CCCC2)c2ccc(C)cc2)cc1. The minimum Gasteiger partial charge on any atom is -0.299 e. The van der Waals surface area contributed by atoms with Crippen molar-refractivity contribution >= 4 is 17.5 Å². The van der Waals surface area contributed by atoms with Crippen LogP contribution in [0.25, 0.3) is 11.4 Å². The molecular formula is C29H28FN3OS. The molecule has 178 valence electrons. The number of hydrogen-bond donors (Lipinski definition) is 0. The predicted molar refractivity (Wildman–Crippen MR) is 138 cm³/mol. The second-order valence-corrected chi connectivity index (χ2v) is 10.3. The van der Waals surface area contributed by atoms with E-state index in [4.69, 9.17) is 0 Å². The maximum atomic E-state index is 14.8. The van der Waals surface area contributed by atoms with E-state index in [0.717, 1.165) is 42.4 Å². The largest absolute Gasteiger partial charge is 0.299 e. The minimum absolute atomic E-state index is 0.0206. The van der Waals surface area contributed by atoms with Crippen LogP contribution in [0, 0.1) is 19.7 Å². The first kappa shape index (κ1) is 23.5. The first-order chi connectivity index (χ1) is 17.0. The number of halogens is 1. The van der Waals surface area contributed by atoms with E-state index in [-0.39, 0.29) is 17.6 Å². The Balaban J connectivity index is 1.58. The minimum atomic E-state index is -0.490. The second-order valence-electron chi connectivity index (χ2n) is 9.23. The van der Waals surface area contributed by atoms with Gasteiger partial charge in [0.1, 0.15) is 11.1 Å². The lowest BCUT2D eigenvalue weighted by molar-refractivity contribution is 0.0989. The van der Waals surface area contributed by atoms with Crippen LogP contribution in [0.5, 0.6) is 0 Å². The van der Waals surface area contributed by atoms with Gasteiger partial charge in [0, 0.05) is 11.6 Å². The fraction of sp³-hybridized carbons (Fsp3) is 0.276. The zero-order chi connectivity index (χ0) is 24.4. The second kappa shape index (κ2) is 10.2.